The van der Waals surface area contributed by atoms with Crippen molar-refractivity contribution >= 4 is 0 Å². The van der Waals surface area contributed by atoms with Crippen molar-refractivity contribution in [2.75, 3.05) is 26.2 Å². The monoisotopic (exact) mass is 280 g/mol. The highest BCUT2D eigenvalue weighted by Gasteiger charge is 2.18. The first-order chi connectivity index (χ1) is 9.67. The van der Waals surface area contributed by atoms with Crippen molar-refractivity contribution in [2.45, 2.75) is 46.6 Å². The molecule has 0 atom stereocenters. The number of aromatic nitrogens is 2. The molecule has 2 heterocycles. The Hall–Kier alpha value is -0.940. The zero-order valence-electron chi connectivity index (χ0n) is 13.1. The van der Waals surface area contributed by atoms with Crippen molar-refractivity contribution in [1.29, 1.82) is 0 Å². The maximum Gasteiger partial charge on any atom is 0.240 e. The van der Waals surface area contributed by atoms with Crippen LogP contribution in [0.2, 0.25) is 0 Å². The van der Waals surface area contributed by atoms with Gasteiger partial charge < -0.3 is 9.84 Å². The summed E-state index contributed by atoms with van der Waals surface area (Å²) >= 11 is 0. The quantitative estimate of drug-likeness (QED) is 0.829. The first-order valence-electron chi connectivity index (χ1n) is 7.92. The van der Waals surface area contributed by atoms with E-state index in [4.69, 9.17) is 4.52 Å². The molecule has 0 radical (unpaired) electrons. The highest BCUT2D eigenvalue weighted by Crippen LogP contribution is 2.15. The molecule has 0 bridgehead atoms. The van der Waals surface area contributed by atoms with E-state index in [-0.39, 0.29) is 0 Å². The maximum atomic E-state index is 5.37. The van der Waals surface area contributed by atoms with E-state index in [1.807, 2.05) is 0 Å². The average Bonchev–Trinajstić information content (AvgIpc) is 2.85. The van der Waals surface area contributed by atoms with Gasteiger partial charge in [0.15, 0.2) is 5.82 Å². The van der Waals surface area contributed by atoms with Crippen LogP contribution in [0.25, 0.3) is 0 Å². The molecule has 5 nitrogen and oxygen atoms in total. The van der Waals surface area contributed by atoms with Gasteiger partial charge in [0.05, 0.1) is 6.54 Å². The van der Waals surface area contributed by atoms with Gasteiger partial charge in [-0.05, 0) is 44.3 Å². The molecule has 1 fully saturated rings. The van der Waals surface area contributed by atoms with Crippen LogP contribution in [0.15, 0.2) is 4.52 Å². The molecule has 0 aliphatic carbocycles. The minimum atomic E-state index is 0.567. The second-order valence-corrected chi connectivity index (χ2v) is 6.22. The van der Waals surface area contributed by atoms with Gasteiger partial charge in [-0.15, -0.1) is 0 Å². The number of nitrogens with zero attached hydrogens (tertiary/aromatic N) is 3. The van der Waals surface area contributed by atoms with Gasteiger partial charge in [0.25, 0.3) is 0 Å². The van der Waals surface area contributed by atoms with Crippen molar-refractivity contribution in [1.82, 2.24) is 20.4 Å². The average molecular weight is 280 g/mol. The number of piperidine rings is 1. The highest BCUT2D eigenvalue weighted by atomic mass is 16.5. The van der Waals surface area contributed by atoms with E-state index in [2.05, 4.69) is 41.1 Å². The van der Waals surface area contributed by atoms with Crippen LogP contribution in [0, 0.1) is 11.8 Å². The zero-order valence-corrected chi connectivity index (χ0v) is 13.1. The maximum absolute atomic E-state index is 5.37. The fourth-order valence-electron chi connectivity index (χ4n) is 2.73. The Morgan fingerprint density at radius 1 is 1.35 bits per heavy atom. The number of rotatable bonds is 7. The summed E-state index contributed by atoms with van der Waals surface area (Å²) in [7, 11) is 0. The summed E-state index contributed by atoms with van der Waals surface area (Å²) in [5.74, 6) is 2.97. The van der Waals surface area contributed by atoms with Crippen LogP contribution in [0.5, 0.6) is 0 Å². The molecule has 20 heavy (non-hydrogen) atoms. The smallest absolute Gasteiger partial charge is 0.240 e. The lowest BCUT2D eigenvalue weighted by molar-refractivity contribution is 0.185. The fraction of sp³-hybridized carbons (Fsp3) is 0.867. The summed E-state index contributed by atoms with van der Waals surface area (Å²) in [5.41, 5.74) is 0. The van der Waals surface area contributed by atoms with E-state index >= 15 is 0 Å². The van der Waals surface area contributed by atoms with Crippen LogP contribution < -0.4 is 5.32 Å². The first kappa shape index (κ1) is 15.4. The molecule has 0 amide bonds. The summed E-state index contributed by atoms with van der Waals surface area (Å²) in [6.45, 7) is 11.8. The normalized spacial score (nSPS) is 17.2. The molecule has 1 aromatic rings. The summed E-state index contributed by atoms with van der Waals surface area (Å²) < 4.78 is 5.37. The lowest BCUT2D eigenvalue weighted by atomic mass is 9.97. The zero-order chi connectivity index (χ0) is 14.4. The Balaban J connectivity index is 1.83. The topological polar surface area (TPSA) is 54.2 Å². The number of nitrogens with one attached hydrogen (secondary N) is 1. The van der Waals surface area contributed by atoms with Gasteiger partial charge in [0.2, 0.25) is 5.89 Å². The van der Waals surface area contributed by atoms with E-state index in [0.29, 0.717) is 5.92 Å². The lowest BCUT2D eigenvalue weighted by Gasteiger charge is -2.28. The highest BCUT2D eigenvalue weighted by molar-refractivity contribution is 4.88. The van der Waals surface area contributed by atoms with E-state index in [1.165, 1.54) is 12.8 Å². The van der Waals surface area contributed by atoms with Gasteiger partial charge in [0, 0.05) is 13.0 Å². The van der Waals surface area contributed by atoms with Crippen molar-refractivity contribution in [3.05, 3.63) is 11.7 Å². The summed E-state index contributed by atoms with van der Waals surface area (Å²) in [4.78, 5) is 6.92. The molecule has 0 unspecified atom stereocenters. The molecule has 0 spiro atoms. The van der Waals surface area contributed by atoms with Gasteiger partial charge in [-0.2, -0.15) is 4.98 Å². The molecule has 1 aliphatic heterocycles. The van der Waals surface area contributed by atoms with Crippen LogP contribution in [0.4, 0.5) is 0 Å². The van der Waals surface area contributed by atoms with Crippen molar-refractivity contribution in [3.63, 3.8) is 0 Å². The van der Waals surface area contributed by atoms with Gasteiger partial charge in [-0.1, -0.05) is 25.9 Å². The molecule has 2 rings (SSSR count). The fourth-order valence-corrected chi connectivity index (χ4v) is 2.73. The lowest BCUT2D eigenvalue weighted by Crippen LogP contribution is -2.36. The molecule has 0 saturated carbocycles. The minimum absolute atomic E-state index is 0.567. The first-order valence-corrected chi connectivity index (χ1v) is 7.92. The largest absolute Gasteiger partial charge is 0.338 e. The predicted octanol–water partition coefficient (Wildman–Crippen LogP) is 2.09. The van der Waals surface area contributed by atoms with Crippen LogP contribution in [-0.4, -0.2) is 41.2 Å². The Labute approximate surface area is 122 Å². The van der Waals surface area contributed by atoms with Crippen LogP contribution in [0.1, 0.15) is 45.3 Å². The predicted molar refractivity (Wildman–Crippen MR) is 79.4 cm³/mol. The Morgan fingerprint density at radius 2 is 2.10 bits per heavy atom. The second kappa shape index (κ2) is 7.74. The SMILES string of the molecule is CCN(Cc1nc(CC(C)C)no1)CC1CCNCC1. The third-order valence-corrected chi connectivity index (χ3v) is 3.88. The van der Waals surface area contributed by atoms with E-state index in [1.54, 1.807) is 0 Å². The van der Waals surface area contributed by atoms with Crippen LogP contribution in [0.3, 0.4) is 0 Å². The minimum Gasteiger partial charge on any atom is -0.338 e. The van der Waals surface area contributed by atoms with Gasteiger partial charge in [-0.3, -0.25) is 4.90 Å². The third-order valence-electron chi connectivity index (χ3n) is 3.88. The molecule has 114 valence electrons. The Bertz CT molecular complexity index is 385. The second-order valence-electron chi connectivity index (χ2n) is 6.22. The van der Waals surface area contributed by atoms with Crippen LogP contribution in [-0.2, 0) is 13.0 Å². The summed E-state index contributed by atoms with van der Waals surface area (Å²) in [6, 6.07) is 0. The van der Waals surface area contributed by atoms with E-state index in [0.717, 1.165) is 56.8 Å². The molecular formula is C15H28N4O. The summed E-state index contributed by atoms with van der Waals surface area (Å²) in [6.07, 6.45) is 3.45. The van der Waals surface area contributed by atoms with Gasteiger partial charge in [0.1, 0.15) is 0 Å². The number of hydrogen-bond acceptors (Lipinski definition) is 5. The molecular weight excluding hydrogens is 252 g/mol. The number of hydrogen-bond donors (Lipinski definition) is 1. The third kappa shape index (κ3) is 4.87. The van der Waals surface area contributed by atoms with E-state index < -0.39 is 0 Å². The molecule has 1 aliphatic rings. The standard InChI is InChI=1S/C15H28N4O/c1-4-19(10-13-5-7-16-8-6-13)11-15-17-14(18-20-15)9-12(2)3/h12-13,16H,4-11H2,1-3H3. The molecule has 0 aromatic carbocycles. The molecule has 1 aromatic heterocycles. The Kier molecular flexibility index (Phi) is 5.98. The van der Waals surface area contributed by atoms with Crippen molar-refractivity contribution in [2.24, 2.45) is 11.8 Å². The molecule has 5 heteroatoms. The van der Waals surface area contributed by atoms with Gasteiger partial charge >= 0.3 is 0 Å². The van der Waals surface area contributed by atoms with Crippen molar-refractivity contribution in [3.8, 4) is 0 Å². The Morgan fingerprint density at radius 3 is 2.75 bits per heavy atom. The molecule has 1 N–H and O–H groups in total. The van der Waals surface area contributed by atoms with Crippen LogP contribution >= 0.6 is 0 Å². The van der Waals surface area contributed by atoms with Crippen molar-refractivity contribution < 1.29 is 4.52 Å². The van der Waals surface area contributed by atoms with Gasteiger partial charge in [-0.25, -0.2) is 0 Å². The van der Waals surface area contributed by atoms with E-state index in [9.17, 15) is 0 Å². The summed E-state index contributed by atoms with van der Waals surface area (Å²) in [5, 5.41) is 7.49. The molecule has 1 saturated heterocycles.